The van der Waals surface area contributed by atoms with Crippen molar-refractivity contribution in [1.29, 1.82) is 0 Å². The minimum Gasteiger partial charge on any atom is -0.296 e. The Kier molecular flexibility index (Phi) is 5.06. The monoisotopic (exact) mass is 208 g/mol. The molecule has 0 atom stereocenters. The Hall–Kier alpha value is -0.600. The maximum atomic E-state index is 3.57. The Morgan fingerprint density at radius 1 is 1.07 bits per heavy atom. The topological polar surface area (TPSA) is 24.1 Å². The van der Waals surface area contributed by atoms with Crippen molar-refractivity contribution in [2.75, 3.05) is 0 Å². The van der Waals surface area contributed by atoms with Crippen molar-refractivity contribution in [2.45, 2.75) is 58.8 Å². The first-order valence-corrected chi connectivity index (χ1v) is 5.97. The molecule has 0 radical (unpaired) electrons. The molecule has 0 saturated carbocycles. The van der Waals surface area contributed by atoms with E-state index in [1.165, 1.54) is 18.4 Å². The van der Waals surface area contributed by atoms with Crippen LogP contribution in [-0.4, -0.2) is 18.2 Å². The summed E-state index contributed by atoms with van der Waals surface area (Å²) in [7, 11) is 0. The molecule has 0 spiro atoms. The minimum atomic E-state index is 0.329. The summed E-state index contributed by atoms with van der Waals surface area (Å²) in [4.78, 5) is 0. The summed E-state index contributed by atoms with van der Waals surface area (Å²) in [5.74, 6) is 0. The van der Waals surface area contributed by atoms with E-state index in [9.17, 15) is 0 Å². The van der Waals surface area contributed by atoms with E-state index in [-0.39, 0.29) is 0 Å². The van der Waals surface area contributed by atoms with Gasteiger partial charge in [0.15, 0.2) is 0 Å². The van der Waals surface area contributed by atoms with Gasteiger partial charge in [-0.3, -0.25) is 10.6 Å². The molecule has 0 aliphatic heterocycles. The van der Waals surface area contributed by atoms with E-state index in [1.54, 1.807) is 0 Å². The van der Waals surface area contributed by atoms with E-state index in [1.807, 2.05) is 0 Å². The lowest BCUT2D eigenvalue weighted by Gasteiger charge is -2.28. The second kappa shape index (κ2) is 6.09. The molecule has 0 unspecified atom stereocenters. The smallest absolute Gasteiger partial charge is 0.0801 e. The summed E-state index contributed by atoms with van der Waals surface area (Å²) in [6, 6.07) is 1.01. The molecule has 2 nitrogen and oxygen atoms in total. The molecule has 1 rings (SSSR count). The summed E-state index contributed by atoms with van der Waals surface area (Å²) in [6.07, 6.45) is 9.29. The van der Waals surface area contributed by atoms with E-state index in [0.717, 1.165) is 0 Å². The summed E-state index contributed by atoms with van der Waals surface area (Å²) in [6.45, 7) is 8.75. The number of nitrogens with one attached hydrogen (secondary N) is 2. The van der Waals surface area contributed by atoms with Gasteiger partial charge in [0, 0.05) is 12.1 Å². The van der Waals surface area contributed by atoms with Gasteiger partial charge in [0.2, 0.25) is 0 Å². The maximum Gasteiger partial charge on any atom is 0.0801 e. The van der Waals surface area contributed by atoms with Crippen LogP contribution < -0.4 is 10.6 Å². The first-order chi connectivity index (χ1) is 7.09. The fourth-order valence-electron chi connectivity index (χ4n) is 1.79. The zero-order chi connectivity index (χ0) is 11.3. The molecule has 2 N–H and O–H groups in total. The highest BCUT2D eigenvalue weighted by molar-refractivity contribution is 5.22. The molecule has 0 saturated heterocycles. The molecule has 0 aromatic heterocycles. The van der Waals surface area contributed by atoms with Gasteiger partial charge in [-0.1, -0.05) is 18.2 Å². The standard InChI is InChI=1S/C13H24N2/c1-10(2)14-13(15-11(3)4)12-8-6-5-7-9-12/h5-6,8,10-11,13-15H,7,9H2,1-4H3. The molecule has 0 aromatic carbocycles. The quantitative estimate of drug-likeness (QED) is 0.679. The van der Waals surface area contributed by atoms with E-state index in [4.69, 9.17) is 0 Å². The number of rotatable bonds is 5. The van der Waals surface area contributed by atoms with E-state index >= 15 is 0 Å². The molecule has 1 aliphatic rings. The average molecular weight is 208 g/mol. The van der Waals surface area contributed by atoms with Crippen LogP contribution in [0.3, 0.4) is 0 Å². The van der Waals surface area contributed by atoms with Crippen LogP contribution in [0.5, 0.6) is 0 Å². The van der Waals surface area contributed by atoms with Crippen molar-refractivity contribution < 1.29 is 0 Å². The van der Waals surface area contributed by atoms with Gasteiger partial charge in [-0.15, -0.1) is 0 Å². The van der Waals surface area contributed by atoms with Gasteiger partial charge in [-0.05, 0) is 46.1 Å². The number of allylic oxidation sites excluding steroid dienone is 3. The van der Waals surface area contributed by atoms with Crippen LogP contribution in [0.2, 0.25) is 0 Å². The van der Waals surface area contributed by atoms with Crippen molar-refractivity contribution >= 4 is 0 Å². The van der Waals surface area contributed by atoms with Crippen molar-refractivity contribution in [2.24, 2.45) is 0 Å². The van der Waals surface area contributed by atoms with Crippen LogP contribution in [-0.2, 0) is 0 Å². The lowest BCUT2D eigenvalue weighted by molar-refractivity contribution is 0.397. The molecular weight excluding hydrogens is 184 g/mol. The third kappa shape index (κ3) is 4.63. The Balaban J connectivity index is 2.61. The largest absolute Gasteiger partial charge is 0.296 e. The van der Waals surface area contributed by atoms with Gasteiger partial charge in [-0.25, -0.2) is 0 Å². The van der Waals surface area contributed by atoms with Crippen LogP contribution >= 0.6 is 0 Å². The molecule has 1 aliphatic carbocycles. The third-order valence-electron chi connectivity index (χ3n) is 2.42. The summed E-state index contributed by atoms with van der Waals surface area (Å²) < 4.78 is 0. The first-order valence-electron chi connectivity index (χ1n) is 5.97. The van der Waals surface area contributed by atoms with Crippen molar-refractivity contribution in [3.05, 3.63) is 23.8 Å². The van der Waals surface area contributed by atoms with Gasteiger partial charge >= 0.3 is 0 Å². The molecule has 15 heavy (non-hydrogen) atoms. The molecule has 0 bridgehead atoms. The van der Waals surface area contributed by atoms with E-state index in [0.29, 0.717) is 18.2 Å². The maximum absolute atomic E-state index is 3.57. The predicted molar refractivity (Wildman–Crippen MR) is 66.8 cm³/mol. The molecule has 86 valence electrons. The van der Waals surface area contributed by atoms with E-state index < -0.39 is 0 Å². The summed E-state index contributed by atoms with van der Waals surface area (Å²) in [5, 5.41) is 7.14. The van der Waals surface area contributed by atoms with Crippen LogP contribution in [0, 0.1) is 0 Å². The average Bonchev–Trinajstić information content (AvgIpc) is 2.17. The highest BCUT2D eigenvalue weighted by atomic mass is 15.1. The van der Waals surface area contributed by atoms with Crippen LogP contribution in [0.4, 0.5) is 0 Å². The van der Waals surface area contributed by atoms with Gasteiger partial charge in [-0.2, -0.15) is 0 Å². The Morgan fingerprint density at radius 3 is 2.07 bits per heavy atom. The second-order valence-corrected chi connectivity index (χ2v) is 4.78. The molecule has 0 amide bonds. The highest BCUT2D eigenvalue weighted by Crippen LogP contribution is 2.15. The lowest BCUT2D eigenvalue weighted by atomic mass is 10.0. The van der Waals surface area contributed by atoms with Gasteiger partial charge in [0.25, 0.3) is 0 Å². The second-order valence-electron chi connectivity index (χ2n) is 4.78. The summed E-state index contributed by atoms with van der Waals surface area (Å²) >= 11 is 0. The first kappa shape index (κ1) is 12.5. The highest BCUT2D eigenvalue weighted by Gasteiger charge is 2.15. The normalized spacial score (nSPS) is 16.6. The van der Waals surface area contributed by atoms with Crippen LogP contribution in [0.25, 0.3) is 0 Å². The summed E-state index contributed by atoms with van der Waals surface area (Å²) in [5.41, 5.74) is 1.47. The van der Waals surface area contributed by atoms with Gasteiger partial charge < -0.3 is 0 Å². The third-order valence-corrected chi connectivity index (χ3v) is 2.42. The van der Waals surface area contributed by atoms with Gasteiger partial charge in [0.05, 0.1) is 6.17 Å². The Bertz CT molecular complexity index is 229. The minimum absolute atomic E-state index is 0.329. The van der Waals surface area contributed by atoms with Crippen molar-refractivity contribution in [3.8, 4) is 0 Å². The number of hydrogen-bond acceptors (Lipinski definition) is 2. The predicted octanol–water partition coefficient (Wildman–Crippen LogP) is 2.58. The molecule has 0 fully saturated rings. The Morgan fingerprint density at radius 2 is 1.67 bits per heavy atom. The number of hydrogen-bond donors (Lipinski definition) is 2. The SMILES string of the molecule is CC(C)NC(NC(C)C)C1=CC=CCC1. The molecule has 0 aromatic rings. The molecular formula is C13H24N2. The fourth-order valence-corrected chi connectivity index (χ4v) is 1.79. The van der Waals surface area contributed by atoms with Crippen molar-refractivity contribution in [1.82, 2.24) is 10.6 Å². The molecule has 2 heteroatoms. The Labute approximate surface area is 93.8 Å². The lowest BCUT2D eigenvalue weighted by Crippen LogP contribution is -2.49. The van der Waals surface area contributed by atoms with E-state index in [2.05, 4.69) is 56.6 Å². The van der Waals surface area contributed by atoms with Crippen molar-refractivity contribution in [3.63, 3.8) is 0 Å². The fraction of sp³-hybridized carbons (Fsp3) is 0.692. The zero-order valence-electron chi connectivity index (χ0n) is 10.4. The van der Waals surface area contributed by atoms with Crippen LogP contribution in [0.15, 0.2) is 23.8 Å². The van der Waals surface area contributed by atoms with Crippen LogP contribution in [0.1, 0.15) is 40.5 Å². The molecule has 0 heterocycles. The van der Waals surface area contributed by atoms with Gasteiger partial charge in [0.1, 0.15) is 0 Å². The zero-order valence-corrected chi connectivity index (χ0v) is 10.4.